The second kappa shape index (κ2) is 6.32. The van der Waals surface area contributed by atoms with Crippen LogP contribution in [0.1, 0.15) is 5.56 Å². The molecule has 1 heterocycles. The molecule has 0 atom stereocenters. The molecule has 1 amide bonds. The Labute approximate surface area is 145 Å². The lowest BCUT2D eigenvalue weighted by Gasteiger charge is -2.14. The fraction of sp³-hybridized carbons (Fsp3) is 0. The molecule has 0 aliphatic carbocycles. The standard InChI is InChI=1S/C16H9BrFNOS2/c17-11-4-6-13(7-5-11)19-15(20)14(22-16(19)21)9-10-2-1-3-12(18)8-10/h1-9H/b14-9-. The normalized spacial score (nSPS) is 16.6. The summed E-state index contributed by atoms with van der Waals surface area (Å²) in [4.78, 5) is 14.5. The number of rotatable bonds is 2. The predicted octanol–water partition coefficient (Wildman–Crippen LogP) is 4.99. The molecule has 0 spiro atoms. The van der Waals surface area contributed by atoms with E-state index in [9.17, 15) is 9.18 Å². The molecule has 0 saturated carbocycles. The molecule has 0 unspecified atom stereocenters. The van der Waals surface area contributed by atoms with Gasteiger partial charge < -0.3 is 0 Å². The first-order chi connectivity index (χ1) is 10.5. The molecule has 0 radical (unpaired) electrons. The van der Waals surface area contributed by atoms with E-state index in [1.807, 2.05) is 24.3 Å². The van der Waals surface area contributed by atoms with Gasteiger partial charge in [-0.25, -0.2) is 4.39 Å². The Morgan fingerprint density at radius 1 is 1.18 bits per heavy atom. The van der Waals surface area contributed by atoms with Gasteiger partial charge in [0, 0.05) is 4.47 Å². The maximum Gasteiger partial charge on any atom is 0.270 e. The maximum atomic E-state index is 13.2. The van der Waals surface area contributed by atoms with Crippen molar-refractivity contribution in [2.75, 3.05) is 4.90 Å². The zero-order valence-corrected chi connectivity index (χ0v) is 14.3. The minimum atomic E-state index is -0.336. The van der Waals surface area contributed by atoms with Gasteiger partial charge in [-0.15, -0.1) is 0 Å². The Hall–Kier alpha value is -1.50. The first-order valence-electron chi connectivity index (χ1n) is 6.34. The molecule has 110 valence electrons. The lowest BCUT2D eigenvalue weighted by Crippen LogP contribution is -2.27. The van der Waals surface area contributed by atoms with Crippen LogP contribution < -0.4 is 4.90 Å². The van der Waals surface area contributed by atoms with Gasteiger partial charge in [-0.2, -0.15) is 0 Å². The van der Waals surface area contributed by atoms with Crippen molar-refractivity contribution < 1.29 is 9.18 Å². The van der Waals surface area contributed by atoms with Crippen molar-refractivity contribution in [3.63, 3.8) is 0 Å². The fourth-order valence-corrected chi connectivity index (χ4v) is 3.59. The molecule has 0 aromatic heterocycles. The Balaban J connectivity index is 1.93. The van der Waals surface area contributed by atoms with E-state index < -0.39 is 0 Å². The molecule has 1 saturated heterocycles. The van der Waals surface area contributed by atoms with Crippen LogP contribution in [-0.2, 0) is 4.79 Å². The van der Waals surface area contributed by atoms with E-state index in [0.29, 0.717) is 20.5 Å². The molecule has 0 N–H and O–H groups in total. The van der Waals surface area contributed by atoms with Gasteiger partial charge in [-0.1, -0.05) is 52.0 Å². The Morgan fingerprint density at radius 2 is 1.91 bits per heavy atom. The number of carbonyl (C=O) groups is 1. The molecular weight excluding hydrogens is 385 g/mol. The summed E-state index contributed by atoms with van der Waals surface area (Å²) in [5.74, 6) is -0.529. The summed E-state index contributed by atoms with van der Waals surface area (Å²) in [7, 11) is 0. The topological polar surface area (TPSA) is 20.3 Å². The van der Waals surface area contributed by atoms with Crippen LogP contribution in [0.15, 0.2) is 57.9 Å². The monoisotopic (exact) mass is 393 g/mol. The van der Waals surface area contributed by atoms with Crippen molar-refractivity contribution in [2.45, 2.75) is 0 Å². The Morgan fingerprint density at radius 3 is 2.59 bits per heavy atom. The third-order valence-corrected chi connectivity index (χ3v) is 4.86. The summed E-state index contributed by atoms with van der Waals surface area (Å²) in [6.45, 7) is 0. The molecule has 2 aromatic carbocycles. The van der Waals surface area contributed by atoms with Crippen LogP contribution in [0.2, 0.25) is 0 Å². The number of hydrogen-bond donors (Lipinski definition) is 0. The van der Waals surface area contributed by atoms with Crippen molar-refractivity contribution in [3.8, 4) is 0 Å². The highest BCUT2D eigenvalue weighted by molar-refractivity contribution is 9.10. The number of hydrogen-bond acceptors (Lipinski definition) is 3. The van der Waals surface area contributed by atoms with Crippen LogP contribution >= 0.6 is 39.9 Å². The lowest BCUT2D eigenvalue weighted by molar-refractivity contribution is -0.113. The summed E-state index contributed by atoms with van der Waals surface area (Å²) in [5, 5.41) is 0. The maximum absolute atomic E-state index is 13.2. The molecule has 2 nitrogen and oxygen atoms in total. The first-order valence-corrected chi connectivity index (χ1v) is 8.35. The highest BCUT2D eigenvalue weighted by Gasteiger charge is 2.33. The van der Waals surface area contributed by atoms with E-state index in [1.54, 1.807) is 18.2 Å². The second-order valence-electron chi connectivity index (χ2n) is 4.55. The minimum absolute atomic E-state index is 0.193. The van der Waals surface area contributed by atoms with Gasteiger partial charge >= 0.3 is 0 Å². The smallest absolute Gasteiger partial charge is 0.268 e. The summed E-state index contributed by atoms with van der Waals surface area (Å²) >= 11 is 9.87. The first kappa shape index (κ1) is 15.4. The van der Waals surface area contributed by atoms with Crippen molar-refractivity contribution in [2.24, 2.45) is 0 Å². The molecule has 22 heavy (non-hydrogen) atoms. The number of carbonyl (C=O) groups excluding carboxylic acids is 1. The van der Waals surface area contributed by atoms with E-state index in [-0.39, 0.29) is 11.7 Å². The van der Waals surface area contributed by atoms with Gasteiger partial charge in [0.15, 0.2) is 4.32 Å². The zero-order chi connectivity index (χ0) is 15.7. The lowest BCUT2D eigenvalue weighted by atomic mass is 10.2. The largest absolute Gasteiger partial charge is 0.270 e. The molecule has 2 aromatic rings. The van der Waals surface area contributed by atoms with Crippen molar-refractivity contribution >= 4 is 61.9 Å². The second-order valence-corrected chi connectivity index (χ2v) is 7.14. The van der Waals surface area contributed by atoms with Crippen LogP contribution in [0.4, 0.5) is 10.1 Å². The average Bonchev–Trinajstić information content (AvgIpc) is 2.75. The highest BCUT2D eigenvalue weighted by atomic mass is 79.9. The highest BCUT2D eigenvalue weighted by Crippen LogP contribution is 2.36. The quantitative estimate of drug-likeness (QED) is 0.529. The molecular formula is C16H9BrFNOS2. The van der Waals surface area contributed by atoms with Crippen molar-refractivity contribution in [1.82, 2.24) is 0 Å². The number of anilines is 1. The average molecular weight is 394 g/mol. The van der Waals surface area contributed by atoms with E-state index in [0.717, 1.165) is 4.47 Å². The van der Waals surface area contributed by atoms with Crippen LogP contribution in [-0.4, -0.2) is 10.2 Å². The van der Waals surface area contributed by atoms with Gasteiger partial charge in [-0.05, 0) is 48.0 Å². The van der Waals surface area contributed by atoms with E-state index in [2.05, 4.69) is 15.9 Å². The Kier molecular flexibility index (Phi) is 4.42. The van der Waals surface area contributed by atoms with Gasteiger partial charge in [0.2, 0.25) is 0 Å². The number of nitrogens with zero attached hydrogens (tertiary/aromatic N) is 1. The fourth-order valence-electron chi connectivity index (χ4n) is 2.03. The van der Waals surface area contributed by atoms with Gasteiger partial charge in [0.25, 0.3) is 5.91 Å². The van der Waals surface area contributed by atoms with Crippen LogP contribution in [0.5, 0.6) is 0 Å². The molecule has 1 aliphatic rings. The van der Waals surface area contributed by atoms with Gasteiger partial charge in [0.05, 0.1) is 10.6 Å². The number of thiocarbonyl (C=S) groups is 1. The van der Waals surface area contributed by atoms with E-state index in [1.165, 1.54) is 28.8 Å². The van der Waals surface area contributed by atoms with Crippen LogP contribution in [0, 0.1) is 5.82 Å². The molecule has 1 fully saturated rings. The summed E-state index contributed by atoms with van der Waals surface area (Å²) in [5.41, 5.74) is 1.35. The molecule has 1 aliphatic heterocycles. The minimum Gasteiger partial charge on any atom is -0.268 e. The van der Waals surface area contributed by atoms with E-state index >= 15 is 0 Å². The molecule has 0 bridgehead atoms. The number of amides is 1. The summed E-state index contributed by atoms with van der Waals surface area (Å²) in [6, 6.07) is 13.4. The van der Waals surface area contributed by atoms with E-state index in [4.69, 9.17) is 12.2 Å². The molecule has 3 rings (SSSR count). The summed E-state index contributed by atoms with van der Waals surface area (Å²) in [6.07, 6.45) is 1.65. The van der Waals surface area contributed by atoms with Crippen molar-refractivity contribution in [3.05, 3.63) is 69.3 Å². The zero-order valence-electron chi connectivity index (χ0n) is 11.1. The van der Waals surface area contributed by atoms with Crippen molar-refractivity contribution in [1.29, 1.82) is 0 Å². The van der Waals surface area contributed by atoms with Gasteiger partial charge in [-0.3, -0.25) is 9.69 Å². The number of thioether (sulfide) groups is 1. The number of halogens is 2. The van der Waals surface area contributed by atoms with Crippen LogP contribution in [0.3, 0.4) is 0 Å². The van der Waals surface area contributed by atoms with Crippen LogP contribution in [0.25, 0.3) is 6.08 Å². The number of benzene rings is 2. The third-order valence-electron chi connectivity index (χ3n) is 3.02. The molecule has 6 heteroatoms. The Bertz CT molecular complexity index is 789. The SMILES string of the molecule is O=C1/C(=C/c2cccc(F)c2)SC(=S)N1c1ccc(Br)cc1. The third kappa shape index (κ3) is 3.14. The predicted molar refractivity (Wildman–Crippen MR) is 96.2 cm³/mol. The van der Waals surface area contributed by atoms with Gasteiger partial charge in [0.1, 0.15) is 5.82 Å². The summed E-state index contributed by atoms with van der Waals surface area (Å²) < 4.78 is 14.6.